The minimum absolute atomic E-state index is 0.0572. The number of benzene rings is 1. The summed E-state index contributed by atoms with van der Waals surface area (Å²) < 4.78 is 26.9. The summed E-state index contributed by atoms with van der Waals surface area (Å²) in [6.07, 6.45) is 7.77. The zero-order valence-electron chi connectivity index (χ0n) is 16.0. The molecule has 28 heavy (non-hydrogen) atoms. The van der Waals surface area contributed by atoms with Gasteiger partial charge in [-0.05, 0) is 87.5 Å². The van der Waals surface area contributed by atoms with Crippen LogP contribution >= 0.6 is 11.6 Å². The van der Waals surface area contributed by atoms with Crippen LogP contribution < -0.4 is 5.32 Å². The van der Waals surface area contributed by atoms with Crippen LogP contribution in [0.15, 0.2) is 29.2 Å². The standard InChI is InChI=1S/C21H27ClN2O3S/c22-21-12-15-9-16(13-21)11-20(10-15,14-21)19(25)23-17-3-5-18(6-4-17)28(26,27)24-7-1-2-8-24/h3-6,15-16H,1-2,7-14H2,(H,23,25)/t15-,16-,20?,21?/m1/s1. The summed E-state index contributed by atoms with van der Waals surface area (Å²) >= 11 is 6.85. The summed E-state index contributed by atoms with van der Waals surface area (Å²) in [6, 6.07) is 6.62. The van der Waals surface area contributed by atoms with Gasteiger partial charge in [-0.15, -0.1) is 11.6 Å². The molecule has 6 rings (SSSR count). The molecule has 1 aliphatic heterocycles. The summed E-state index contributed by atoms with van der Waals surface area (Å²) in [4.78, 5) is 13.3. The fourth-order valence-corrected chi connectivity index (χ4v) is 8.68. The van der Waals surface area contributed by atoms with Crippen LogP contribution in [0.3, 0.4) is 0 Å². The van der Waals surface area contributed by atoms with Crippen LogP contribution in [-0.2, 0) is 14.8 Å². The third-order valence-corrected chi connectivity index (χ3v) is 9.64. The van der Waals surface area contributed by atoms with Crippen LogP contribution in [0.2, 0.25) is 0 Å². The van der Waals surface area contributed by atoms with Crippen LogP contribution in [-0.4, -0.2) is 36.6 Å². The van der Waals surface area contributed by atoms with Gasteiger partial charge in [0.1, 0.15) is 0 Å². The average molecular weight is 423 g/mol. The minimum atomic E-state index is -3.43. The third-order valence-electron chi connectivity index (χ3n) is 7.29. The summed E-state index contributed by atoms with van der Waals surface area (Å²) in [7, 11) is -3.43. The molecule has 4 bridgehead atoms. The van der Waals surface area contributed by atoms with Crippen LogP contribution in [0.4, 0.5) is 5.69 Å². The maximum absolute atomic E-state index is 13.2. The quantitative estimate of drug-likeness (QED) is 0.746. The maximum atomic E-state index is 13.2. The largest absolute Gasteiger partial charge is 0.326 e. The number of alkyl halides is 1. The first kappa shape index (κ1) is 18.9. The number of carbonyl (C=O) groups is 1. The molecule has 0 unspecified atom stereocenters. The van der Waals surface area contributed by atoms with Gasteiger partial charge in [-0.25, -0.2) is 8.42 Å². The molecule has 1 saturated heterocycles. The monoisotopic (exact) mass is 422 g/mol. The molecule has 1 heterocycles. The van der Waals surface area contributed by atoms with Crippen molar-refractivity contribution >= 4 is 33.2 Å². The number of nitrogens with zero attached hydrogens (tertiary/aromatic N) is 1. The van der Waals surface area contributed by atoms with Crippen molar-refractivity contribution in [1.82, 2.24) is 4.31 Å². The zero-order valence-corrected chi connectivity index (χ0v) is 17.6. The second kappa shape index (κ2) is 6.44. The third kappa shape index (κ3) is 3.08. The van der Waals surface area contributed by atoms with Gasteiger partial charge >= 0.3 is 0 Å². The Bertz CT molecular complexity index is 879. The SMILES string of the molecule is O=C(Nc1ccc(S(=O)(=O)N2CCCC2)cc1)C12C[C@H]3C[C@@H](CC(Cl)(C3)C1)C2. The number of amides is 1. The van der Waals surface area contributed by atoms with Crippen LogP contribution in [0.25, 0.3) is 0 Å². The molecular formula is C21H27ClN2O3S. The second-order valence-electron chi connectivity index (χ2n) is 9.48. The number of anilines is 1. The lowest BCUT2D eigenvalue weighted by atomic mass is 9.49. The highest BCUT2D eigenvalue weighted by molar-refractivity contribution is 7.89. The molecule has 1 aromatic carbocycles. The van der Waals surface area contributed by atoms with Crippen molar-refractivity contribution in [1.29, 1.82) is 0 Å². The number of hydrogen-bond acceptors (Lipinski definition) is 3. The lowest BCUT2D eigenvalue weighted by Gasteiger charge is -2.59. The minimum Gasteiger partial charge on any atom is -0.326 e. The maximum Gasteiger partial charge on any atom is 0.243 e. The van der Waals surface area contributed by atoms with Crippen molar-refractivity contribution in [3.8, 4) is 0 Å². The van der Waals surface area contributed by atoms with Crippen molar-refractivity contribution in [2.24, 2.45) is 17.3 Å². The number of halogens is 1. The first-order valence-electron chi connectivity index (χ1n) is 10.4. The van der Waals surface area contributed by atoms with E-state index in [2.05, 4.69) is 5.32 Å². The van der Waals surface area contributed by atoms with Gasteiger partial charge in [0.15, 0.2) is 0 Å². The second-order valence-corrected chi connectivity index (χ2v) is 12.2. The van der Waals surface area contributed by atoms with Gasteiger partial charge < -0.3 is 5.32 Å². The first-order chi connectivity index (χ1) is 13.3. The van der Waals surface area contributed by atoms with E-state index in [1.54, 1.807) is 24.3 Å². The predicted molar refractivity (Wildman–Crippen MR) is 109 cm³/mol. The van der Waals surface area contributed by atoms with E-state index in [0.29, 0.717) is 35.5 Å². The van der Waals surface area contributed by atoms with E-state index in [4.69, 9.17) is 11.6 Å². The Morgan fingerprint density at radius 3 is 2.21 bits per heavy atom. The highest BCUT2D eigenvalue weighted by atomic mass is 35.5. The molecule has 7 heteroatoms. The average Bonchev–Trinajstić information content (AvgIpc) is 3.15. The lowest BCUT2D eigenvalue weighted by molar-refractivity contribution is -0.138. The molecule has 4 aliphatic carbocycles. The normalized spacial score (nSPS) is 37.3. The van der Waals surface area contributed by atoms with Crippen molar-refractivity contribution in [2.75, 3.05) is 18.4 Å². The molecule has 1 amide bonds. The Hall–Kier alpha value is -1.11. The van der Waals surface area contributed by atoms with E-state index in [-0.39, 0.29) is 16.2 Å². The van der Waals surface area contributed by atoms with E-state index < -0.39 is 10.0 Å². The molecule has 2 atom stereocenters. The molecule has 0 spiro atoms. The molecule has 1 aromatic rings. The fourth-order valence-electron chi connectivity index (χ4n) is 6.47. The molecule has 0 radical (unpaired) electrons. The highest BCUT2D eigenvalue weighted by Crippen LogP contribution is 2.64. The van der Waals surface area contributed by atoms with Crippen molar-refractivity contribution < 1.29 is 13.2 Å². The van der Waals surface area contributed by atoms with Gasteiger partial charge in [0.05, 0.1) is 10.3 Å². The van der Waals surface area contributed by atoms with Gasteiger partial charge in [0, 0.05) is 23.7 Å². The molecular weight excluding hydrogens is 396 g/mol. The molecule has 152 valence electrons. The topological polar surface area (TPSA) is 66.5 Å². The molecule has 0 aromatic heterocycles. The van der Waals surface area contributed by atoms with E-state index in [0.717, 1.165) is 44.9 Å². The Morgan fingerprint density at radius 2 is 1.64 bits per heavy atom. The number of nitrogens with one attached hydrogen (secondary N) is 1. The molecule has 4 saturated carbocycles. The Labute approximate surface area is 171 Å². The van der Waals surface area contributed by atoms with E-state index in [1.165, 1.54) is 10.7 Å². The number of rotatable bonds is 4. The van der Waals surface area contributed by atoms with Gasteiger partial charge in [-0.2, -0.15) is 4.31 Å². The Kier molecular flexibility index (Phi) is 4.35. The van der Waals surface area contributed by atoms with E-state index in [9.17, 15) is 13.2 Å². The predicted octanol–water partition coefficient (Wildman–Crippen LogP) is 3.99. The van der Waals surface area contributed by atoms with Gasteiger partial charge in [0.25, 0.3) is 0 Å². The van der Waals surface area contributed by atoms with Gasteiger partial charge in [-0.3, -0.25) is 4.79 Å². The summed E-state index contributed by atoms with van der Waals surface area (Å²) in [6.45, 7) is 1.18. The summed E-state index contributed by atoms with van der Waals surface area (Å²) in [5, 5.41) is 3.06. The first-order valence-corrected chi connectivity index (χ1v) is 12.2. The zero-order chi connectivity index (χ0) is 19.6. The Balaban J connectivity index is 1.32. The van der Waals surface area contributed by atoms with E-state index in [1.807, 2.05) is 0 Å². The summed E-state index contributed by atoms with van der Waals surface area (Å²) in [5.41, 5.74) is 0.302. The number of carbonyl (C=O) groups excluding carboxylic acids is 1. The molecule has 5 aliphatic rings. The van der Waals surface area contributed by atoms with Crippen LogP contribution in [0.5, 0.6) is 0 Å². The number of sulfonamides is 1. The lowest BCUT2D eigenvalue weighted by Crippen LogP contribution is -2.57. The van der Waals surface area contributed by atoms with Crippen molar-refractivity contribution in [2.45, 2.75) is 61.1 Å². The highest BCUT2D eigenvalue weighted by Gasteiger charge is 2.60. The van der Waals surface area contributed by atoms with Gasteiger partial charge in [0.2, 0.25) is 15.9 Å². The van der Waals surface area contributed by atoms with Crippen LogP contribution in [0, 0.1) is 17.3 Å². The van der Waals surface area contributed by atoms with Crippen LogP contribution in [0.1, 0.15) is 51.4 Å². The van der Waals surface area contributed by atoms with Crippen molar-refractivity contribution in [3.63, 3.8) is 0 Å². The summed E-state index contributed by atoms with van der Waals surface area (Å²) in [5.74, 6) is 1.19. The molecule has 1 N–H and O–H groups in total. The van der Waals surface area contributed by atoms with Crippen molar-refractivity contribution in [3.05, 3.63) is 24.3 Å². The molecule has 5 fully saturated rings. The smallest absolute Gasteiger partial charge is 0.243 e. The fraction of sp³-hybridized carbons (Fsp3) is 0.667. The Morgan fingerprint density at radius 1 is 1.04 bits per heavy atom. The van der Waals surface area contributed by atoms with E-state index >= 15 is 0 Å². The number of hydrogen-bond donors (Lipinski definition) is 1. The molecule has 5 nitrogen and oxygen atoms in total. The van der Waals surface area contributed by atoms with Gasteiger partial charge in [-0.1, -0.05) is 0 Å².